The van der Waals surface area contributed by atoms with E-state index in [1.807, 2.05) is 11.8 Å². The highest BCUT2D eigenvalue weighted by molar-refractivity contribution is 5.92. The first kappa shape index (κ1) is 14.5. The van der Waals surface area contributed by atoms with Crippen molar-refractivity contribution in [3.05, 3.63) is 11.6 Å². The van der Waals surface area contributed by atoms with Crippen LogP contribution >= 0.6 is 0 Å². The van der Waals surface area contributed by atoms with E-state index in [-0.39, 0.29) is 12.0 Å². The zero-order chi connectivity index (χ0) is 13.7. The third-order valence-corrected chi connectivity index (χ3v) is 4.03. The molecule has 2 aliphatic rings. The Labute approximate surface area is 116 Å². The van der Waals surface area contributed by atoms with Crippen LogP contribution < -0.4 is 5.32 Å². The number of fused-ring (bicyclic) bond motifs is 1. The number of allylic oxidation sites excluding steroid dienone is 1. The largest absolute Gasteiger partial charge is 0.373 e. The quantitative estimate of drug-likeness (QED) is 0.622. The molecule has 19 heavy (non-hydrogen) atoms. The van der Waals surface area contributed by atoms with Crippen LogP contribution in [0, 0.1) is 0 Å². The van der Waals surface area contributed by atoms with Crippen LogP contribution in [-0.2, 0) is 9.53 Å². The topological polar surface area (TPSA) is 41.6 Å². The molecule has 2 rings (SSSR count). The van der Waals surface area contributed by atoms with Crippen LogP contribution in [0.5, 0.6) is 0 Å². The SMILES string of the molecule is CCCCC=C(C)C(=O)N1CCC2NCCOC2C1. The van der Waals surface area contributed by atoms with Crippen molar-refractivity contribution in [1.29, 1.82) is 0 Å². The number of nitrogens with one attached hydrogen (secondary N) is 1. The molecule has 2 saturated heterocycles. The molecule has 108 valence electrons. The van der Waals surface area contributed by atoms with E-state index in [0.29, 0.717) is 6.04 Å². The molecule has 2 fully saturated rings. The Hall–Kier alpha value is -0.870. The maximum absolute atomic E-state index is 12.3. The Kier molecular flexibility index (Phi) is 5.40. The zero-order valence-corrected chi connectivity index (χ0v) is 12.2. The molecule has 0 bridgehead atoms. The molecule has 0 aromatic carbocycles. The van der Waals surface area contributed by atoms with Crippen molar-refractivity contribution in [2.75, 3.05) is 26.2 Å². The molecule has 1 amide bonds. The Balaban J connectivity index is 1.87. The van der Waals surface area contributed by atoms with E-state index in [1.165, 1.54) is 6.42 Å². The van der Waals surface area contributed by atoms with Gasteiger partial charge in [-0.05, 0) is 19.8 Å². The Morgan fingerprint density at radius 1 is 1.53 bits per heavy atom. The highest BCUT2D eigenvalue weighted by Crippen LogP contribution is 2.18. The fraction of sp³-hybridized carbons (Fsp3) is 0.800. The van der Waals surface area contributed by atoms with Crippen molar-refractivity contribution in [2.45, 2.75) is 51.7 Å². The molecule has 0 spiro atoms. The number of amides is 1. The summed E-state index contributed by atoms with van der Waals surface area (Å²) in [6.45, 7) is 7.37. The lowest BCUT2D eigenvalue weighted by molar-refractivity contribution is -0.133. The molecule has 0 aliphatic carbocycles. The van der Waals surface area contributed by atoms with Gasteiger partial charge in [0.15, 0.2) is 0 Å². The van der Waals surface area contributed by atoms with Gasteiger partial charge >= 0.3 is 0 Å². The summed E-state index contributed by atoms with van der Waals surface area (Å²) >= 11 is 0. The molecule has 2 atom stereocenters. The van der Waals surface area contributed by atoms with Gasteiger partial charge in [0.05, 0.1) is 12.7 Å². The number of hydrogen-bond acceptors (Lipinski definition) is 3. The van der Waals surface area contributed by atoms with Gasteiger partial charge in [-0.25, -0.2) is 0 Å². The van der Waals surface area contributed by atoms with Crippen molar-refractivity contribution in [3.8, 4) is 0 Å². The van der Waals surface area contributed by atoms with Gasteiger partial charge in [0.2, 0.25) is 5.91 Å². The standard InChI is InChI=1S/C15H26N2O2/c1-3-4-5-6-12(2)15(18)17-9-7-13-14(11-17)19-10-8-16-13/h6,13-14,16H,3-5,7-11H2,1-2H3. The number of rotatable bonds is 4. The number of piperidine rings is 1. The van der Waals surface area contributed by atoms with Gasteiger partial charge in [-0.1, -0.05) is 25.8 Å². The van der Waals surface area contributed by atoms with E-state index >= 15 is 0 Å². The number of unbranched alkanes of at least 4 members (excludes halogenated alkanes) is 2. The third kappa shape index (κ3) is 3.80. The average molecular weight is 266 g/mol. The Morgan fingerprint density at radius 2 is 2.37 bits per heavy atom. The van der Waals surface area contributed by atoms with E-state index in [4.69, 9.17) is 4.74 Å². The lowest BCUT2D eigenvalue weighted by Gasteiger charge is -2.41. The van der Waals surface area contributed by atoms with Crippen LogP contribution in [0.2, 0.25) is 0 Å². The van der Waals surface area contributed by atoms with Gasteiger partial charge in [-0.3, -0.25) is 4.79 Å². The number of ether oxygens (including phenoxy) is 1. The highest BCUT2D eigenvalue weighted by atomic mass is 16.5. The van der Waals surface area contributed by atoms with Crippen LogP contribution in [0.25, 0.3) is 0 Å². The van der Waals surface area contributed by atoms with Crippen LogP contribution in [-0.4, -0.2) is 49.2 Å². The second-order valence-electron chi connectivity index (χ2n) is 5.54. The van der Waals surface area contributed by atoms with Crippen LogP contribution in [0.15, 0.2) is 11.6 Å². The molecule has 2 unspecified atom stereocenters. The summed E-state index contributed by atoms with van der Waals surface area (Å²) in [5.74, 6) is 0.184. The minimum atomic E-state index is 0.176. The molecule has 4 nitrogen and oxygen atoms in total. The summed E-state index contributed by atoms with van der Waals surface area (Å²) in [6, 6.07) is 0.433. The summed E-state index contributed by atoms with van der Waals surface area (Å²) < 4.78 is 5.76. The first-order valence-electron chi connectivity index (χ1n) is 7.53. The number of carbonyl (C=O) groups is 1. The summed E-state index contributed by atoms with van der Waals surface area (Å²) in [5.41, 5.74) is 0.885. The second-order valence-corrected chi connectivity index (χ2v) is 5.54. The fourth-order valence-electron chi connectivity index (χ4n) is 2.82. The molecule has 0 aromatic rings. The molecular formula is C15H26N2O2. The van der Waals surface area contributed by atoms with E-state index in [0.717, 1.165) is 51.1 Å². The molecular weight excluding hydrogens is 240 g/mol. The zero-order valence-electron chi connectivity index (χ0n) is 12.2. The molecule has 0 saturated carbocycles. The summed E-state index contributed by atoms with van der Waals surface area (Å²) in [7, 11) is 0. The normalized spacial score (nSPS) is 28.1. The maximum atomic E-state index is 12.3. The minimum Gasteiger partial charge on any atom is -0.373 e. The van der Waals surface area contributed by atoms with Crippen molar-refractivity contribution in [2.24, 2.45) is 0 Å². The number of hydrogen-bond donors (Lipinski definition) is 1. The fourth-order valence-corrected chi connectivity index (χ4v) is 2.82. The minimum absolute atomic E-state index is 0.176. The van der Waals surface area contributed by atoms with E-state index in [2.05, 4.69) is 18.3 Å². The van der Waals surface area contributed by atoms with Gasteiger partial charge in [-0.2, -0.15) is 0 Å². The second kappa shape index (κ2) is 7.06. The number of carbonyl (C=O) groups excluding carboxylic acids is 1. The number of nitrogens with zero attached hydrogens (tertiary/aromatic N) is 1. The summed E-state index contributed by atoms with van der Waals surface area (Å²) in [4.78, 5) is 14.3. The van der Waals surface area contributed by atoms with E-state index in [1.54, 1.807) is 0 Å². The van der Waals surface area contributed by atoms with E-state index < -0.39 is 0 Å². The molecule has 0 aromatic heterocycles. The Bertz CT molecular complexity index is 341. The maximum Gasteiger partial charge on any atom is 0.249 e. The van der Waals surface area contributed by atoms with Gasteiger partial charge < -0.3 is 15.0 Å². The monoisotopic (exact) mass is 266 g/mol. The Morgan fingerprint density at radius 3 is 3.16 bits per heavy atom. The predicted molar refractivity (Wildman–Crippen MR) is 76.0 cm³/mol. The van der Waals surface area contributed by atoms with Gasteiger partial charge in [-0.15, -0.1) is 0 Å². The predicted octanol–water partition coefficient (Wildman–Crippen LogP) is 1.71. The summed E-state index contributed by atoms with van der Waals surface area (Å²) in [6.07, 6.45) is 6.59. The average Bonchev–Trinajstić information content (AvgIpc) is 2.46. The molecule has 2 aliphatic heterocycles. The first-order valence-corrected chi connectivity index (χ1v) is 7.53. The lowest BCUT2D eigenvalue weighted by atomic mass is 9.99. The molecule has 2 heterocycles. The van der Waals surface area contributed by atoms with Crippen molar-refractivity contribution in [3.63, 3.8) is 0 Å². The number of morpholine rings is 1. The van der Waals surface area contributed by atoms with Gasteiger partial charge in [0.25, 0.3) is 0 Å². The van der Waals surface area contributed by atoms with Gasteiger partial charge in [0.1, 0.15) is 0 Å². The first-order chi connectivity index (χ1) is 9.22. The van der Waals surface area contributed by atoms with Gasteiger partial charge in [0, 0.05) is 31.2 Å². The van der Waals surface area contributed by atoms with Crippen LogP contribution in [0.3, 0.4) is 0 Å². The molecule has 0 radical (unpaired) electrons. The highest BCUT2D eigenvalue weighted by Gasteiger charge is 2.33. The van der Waals surface area contributed by atoms with Crippen LogP contribution in [0.1, 0.15) is 39.5 Å². The molecule has 4 heteroatoms. The lowest BCUT2D eigenvalue weighted by Crippen LogP contribution is -2.58. The van der Waals surface area contributed by atoms with Crippen molar-refractivity contribution < 1.29 is 9.53 Å². The van der Waals surface area contributed by atoms with Crippen molar-refractivity contribution >= 4 is 5.91 Å². The van der Waals surface area contributed by atoms with Crippen molar-refractivity contribution in [1.82, 2.24) is 10.2 Å². The van der Waals surface area contributed by atoms with E-state index in [9.17, 15) is 4.79 Å². The smallest absolute Gasteiger partial charge is 0.249 e. The third-order valence-electron chi connectivity index (χ3n) is 4.03. The molecule has 1 N–H and O–H groups in total. The number of likely N-dealkylation sites (tertiary alicyclic amines) is 1. The van der Waals surface area contributed by atoms with Crippen LogP contribution in [0.4, 0.5) is 0 Å². The summed E-state index contributed by atoms with van der Waals surface area (Å²) in [5, 5.41) is 3.47.